The number of carboxylic acid groups (broad SMARTS) is 1. The van der Waals surface area contributed by atoms with Gasteiger partial charge < -0.3 is 5.11 Å². The molecule has 2 N–H and O–H groups in total. The number of carboxylic acids is 1. The molecule has 0 bridgehead atoms. The second kappa shape index (κ2) is 8.01. The average molecular weight is 375 g/mol. The van der Waals surface area contributed by atoms with E-state index >= 15 is 0 Å². The van der Waals surface area contributed by atoms with Crippen LogP contribution in [0.1, 0.15) is 40.2 Å². The van der Waals surface area contributed by atoms with Crippen LogP contribution in [0, 0.1) is 27.7 Å². The van der Waals surface area contributed by atoms with Crippen molar-refractivity contribution in [1.29, 1.82) is 0 Å². The van der Waals surface area contributed by atoms with Crippen LogP contribution in [0.25, 0.3) is 0 Å². The van der Waals surface area contributed by atoms with E-state index in [2.05, 4.69) is 4.72 Å². The van der Waals surface area contributed by atoms with E-state index in [0.29, 0.717) is 0 Å². The summed E-state index contributed by atoms with van der Waals surface area (Å²) in [6.45, 7) is 7.39. The van der Waals surface area contributed by atoms with E-state index in [1.54, 1.807) is 13.8 Å². The Morgan fingerprint density at radius 3 is 2.08 bits per heavy atom. The van der Waals surface area contributed by atoms with Crippen LogP contribution in [-0.4, -0.2) is 26.0 Å². The Kier molecular flexibility index (Phi) is 6.21. The minimum atomic E-state index is -3.75. The second-order valence-electron chi connectivity index (χ2n) is 6.65. The molecule has 0 aromatic heterocycles. The van der Waals surface area contributed by atoms with Gasteiger partial charge in [0.2, 0.25) is 10.0 Å². The van der Waals surface area contributed by atoms with Gasteiger partial charge in [-0.3, -0.25) is 4.79 Å². The molecule has 0 fully saturated rings. The van der Waals surface area contributed by atoms with Gasteiger partial charge in [0.1, 0.15) is 0 Å². The number of sulfonamides is 1. The predicted octanol–water partition coefficient (Wildman–Crippen LogP) is 3.46. The van der Waals surface area contributed by atoms with Gasteiger partial charge in [-0.05, 0) is 55.5 Å². The van der Waals surface area contributed by atoms with E-state index in [1.165, 1.54) is 0 Å². The summed E-state index contributed by atoms with van der Waals surface area (Å²) in [4.78, 5) is 11.5. The molecule has 0 saturated carbocycles. The topological polar surface area (TPSA) is 83.5 Å². The SMILES string of the molecule is Cc1cc(C)c(C)c(S(=O)(=O)NCC(CC(=O)O)c2ccccc2)c1C. The van der Waals surface area contributed by atoms with Crippen LogP contribution in [0.2, 0.25) is 0 Å². The van der Waals surface area contributed by atoms with Crippen LogP contribution in [-0.2, 0) is 14.8 Å². The molecule has 26 heavy (non-hydrogen) atoms. The van der Waals surface area contributed by atoms with Gasteiger partial charge in [-0.25, -0.2) is 13.1 Å². The van der Waals surface area contributed by atoms with Crippen molar-refractivity contribution in [3.63, 3.8) is 0 Å². The number of carbonyl (C=O) groups is 1. The molecule has 0 saturated heterocycles. The fraction of sp³-hybridized carbons (Fsp3) is 0.350. The van der Waals surface area contributed by atoms with Crippen LogP contribution >= 0.6 is 0 Å². The first-order valence-electron chi connectivity index (χ1n) is 8.47. The van der Waals surface area contributed by atoms with Crippen molar-refractivity contribution in [3.05, 3.63) is 64.2 Å². The minimum absolute atomic E-state index is 0.0323. The van der Waals surface area contributed by atoms with Crippen LogP contribution < -0.4 is 4.72 Å². The molecule has 0 aliphatic rings. The molecule has 0 aliphatic heterocycles. The van der Waals surface area contributed by atoms with E-state index in [-0.39, 0.29) is 17.9 Å². The molecular formula is C20H25NO4S. The van der Waals surface area contributed by atoms with Crippen molar-refractivity contribution in [3.8, 4) is 0 Å². The lowest BCUT2D eigenvalue weighted by atomic mass is 9.96. The van der Waals surface area contributed by atoms with E-state index in [0.717, 1.165) is 27.8 Å². The molecule has 0 amide bonds. The van der Waals surface area contributed by atoms with Crippen LogP contribution in [0.3, 0.4) is 0 Å². The quantitative estimate of drug-likeness (QED) is 0.776. The van der Waals surface area contributed by atoms with E-state index in [4.69, 9.17) is 0 Å². The molecule has 0 aliphatic carbocycles. The Labute approximate surface area is 155 Å². The van der Waals surface area contributed by atoms with Crippen molar-refractivity contribution in [2.45, 2.75) is 44.9 Å². The van der Waals surface area contributed by atoms with E-state index < -0.39 is 21.9 Å². The molecule has 0 heterocycles. The van der Waals surface area contributed by atoms with Crippen LogP contribution in [0.15, 0.2) is 41.3 Å². The zero-order valence-electron chi connectivity index (χ0n) is 15.5. The number of aryl methyl sites for hydroxylation is 2. The first-order chi connectivity index (χ1) is 12.1. The summed E-state index contributed by atoms with van der Waals surface area (Å²) in [5.74, 6) is -1.40. The highest BCUT2D eigenvalue weighted by Crippen LogP contribution is 2.27. The second-order valence-corrected chi connectivity index (χ2v) is 8.35. The minimum Gasteiger partial charge on any atom is -0.481 e. The van der Waals surface area contributed by atoms with Gasteiger partial charge in [0.15, 0.2) is 0 Å². The Morgan fingerprint density at radius 2 is 1.58 bits per heavy atom. The third kappa shape index (κ3) is 4.51. The molecule has 6 heteroatoms. The molecule has 1 unspecified atom stereocenters. The van der Waals surface area contributed by atoms with Gasteiger partial charge in [-0.2, -0.15) is 0 Å². The first kappa shape index (κ1) is 20.1. The van der Waals surface area contributed by atoms with Gasteiger partial charge >= 0.3 is 5.97 Å². The standard InChI is InChI=1S/C20H25NO4S/c1-13-10-14(2)16(4)20(15(13)3)26(24,25)21-12-18(11-19(22)23)17-8-6-5-7-9-17/h5-10,18,21H,11-12H2,1-4H3,(H,22,23). The van der Waals surface area contributed by atoms with Crippen LogP contribution in [0.5, 0.6) is 0 Å². The summed E-state index contributed by atoms with van der Waals surface area (Å²) in [5.41, 5.74) is 4.06. The maximum Gasteiger partial charge on any atom is 0.304 e. The Balaban J connectivity index is 2.33. The number of rotatable bonds is 7. The van der Waals surface area contributed by atoms with E-state index in [1.807, 2.05) is 50.2 Å². The summed E-state index contributed by atoms with van der Waals surface area (Å²) in [6, 6.07) is 11.1. The molecule has 0 spiro atoms. The highest BCUT2D eigenvalue weighted by Gasteiger charge is 2.24. The summed E-state index contributed by atoms with van der Waals surface area (Å²) in [5, 5.41) is 9.18. The van der Waals surface area contributed by atoms with Crippen molar-refractivity contribution in [2.24, 2.45) is 0 Å². The normalized spacial score (nSPS) is 12.8. The Hall–Kier alpha value is -2.18. The summed E-state index contributed by atoms with van der Waals surface area (Å²) < 4.78 is 28.5. The number of hydrogen-bond donors (Lipinski definition) is 2. The third-order valence-electron chi connectivity index (χ3n) is 4.78. The number of hydrogen-bond acceptors (Lipinski definition) is 3. The maximum absolute atomic E-state index is 12.9. The first-order valence-corrected chi connectivity index (χ1v) is 9.95. The molecule has 2 rings (SSSR count). The highest BCUT2D eigenvalue weighted by molar-refractivity contribution is 7.89. The molecule has 0 radical (unpaired) electrons. The predicted molar refractivity (Wildman–Crippen MR) is 102 cm³/mol. The fourth-order valence-electron chi connectivity index (χ4n) is 3.11. The van der Waals surface area contributed by atoms with Crippen molar-refractivity contribution in [2.75, 3.05) is 6.54 Å². The Morgan fingerprint density at radius 1 is 1.04 bits per heavy atom. The third-order valence-corrected chi connectivity index (χ3v) is 6.47. The summed E-state index contributed by atoms with van der Waals surface area (Å²) in [6.07, 6.45) is -0.142. The van der Waals surface area contributed by atoms with Crippen molar-refractivity contribution < 1.29 is 18.3 Å². The average Bonchev–Trinajstić information content (AvgIpc) is 2.57. The lowest BCUT2D eigenvalue weighted by Gasteiger charge is -2.19. The number of aliphatic carboxylic acids is 1. The molecule has 140 valence electrons. The summed E-state index contributed by atoms with van der Waals surface area (Å²) in [7, 11) is -3.75. The highest BCUT2D eigenvalue weighted by atomic mass is 32.2. The maximum atomic E-state index is 12.9. The number of nitrogens with one attached hydrogen (secondary N) is 1. The zero-order valence-corrected chi connectivity index (χ0v) is 16.4. The molecule has 1 atom stereocenters. The summed E-state index contributed by atoms with van der Waals surface area (Å²) >= 11 is 0. The zero-order chi connectivity index (χ0) is 19.5. The largest absolute Gasteiger partial charge is 0.481 e. The fourth-order valence-corrected chi connectivity index (χ4v) is 4.80. The monoisotopic (exact) mass is 375 g/mol. The lowest BCUT2D eigenvalue weighted by Crippen LogP contribution is -2.31. The molecule has 5 nitrogen and oxygen atoms in total. The molecule has 2 aromatic rings. The van der Waals surface area contributed by atoms with Crippen molar-refractivity contribution >= 4 is 16.0 Å². The van der Waals surface area contributed by atoms with E-state index in [9.17, 15) is 18.3 Å². The van der Waals surface area contributed by atoms with Crippen LogP contribution in [0.4, 0.5) is 0 Å². The lowest BCUT2D eigenvalue weighted by molar-refractivity contribution is -0.137. The molecule has 2 aromatic carbocycles. The Bertz CT molecular complexity index is 879. The van der Waals surface area contributed by atoms with Gasteiger partial charge in [-0.15, -0.1) is 0 Å². The molecular weight excluding hydrogens is 350 g/mol. The van der Waals surface area contributed by atoms with Gasteiger partial charge in [0, 0.05) is 12.5 Å². The van der Waals surface area contributed by atoms with Gasteiger partial charge in [0.25, 0.3) is 0 Å². The van der Waals surface area contributed by atoms with Gasteiger partial charge in [0.05, 0.1) is 11.3 Å². The number of benzene rings is 2. The van der Waals surface area contributed by atoms with Crippen molar-refractivity contribution in [1.82, 2.24) is 4.72 Å². The smallest absolute Gasteiger partial charge is 0.304 e. The van der Waals surface area contributed by atoms with Gasteiger partial charge in [-0.1, -0.05) is 36.4 Å².